The van der Waals surface area contributed by atoms with E-state index in [1.165, 1.54) is 154 Å². The zero-order chi connectivity index (χ0) is 56.6. The predicted molar refractivity (Wildman–Crippen MR) is 343 cm³/mol. The molecule has 0 N–H and O–H groups in total. The second kappa shape index (κ2) is 16.4. The fourth-order valence-corrected chi connectivity index (χ4v) is 16.8. The third-order valence-corrected chi connectivity index (χ3v) is 22.6. The first-order chi connectivity index (χ1) is 37.4. The Morgan fingerprint density at radius 3 is 1.36 bits per heavy atom. The maximum Gasteiger partial charge on any atom is 0.333 e. The molecule has 0 radical (unpaired) electrons. The van der Waals surface area contributed by atoms with E-state index in [-0.39, 0.29) is 50.2 Å². The van der Waals surface area contributed by atoms with Crippen molar-refractivity contribution in [3.05, 3.63) is 159 Å². The van der Waals surface area contributed by atoms with Gasteiger partial charge in [0, 0.05) is 50.8 Å². The average molecular weight is 1060 g/mol. The van der Waals surface area contributed by atoms with Gasteiger partial charge in [-0.2, -0.15) is 0 Å². The molecule has 0 spiro atoms. The summed E-state index contributed by atoms with van der Waals surface area (Å²) in [5, 5.41) is 2.42. The number of fused-ring (bicyclic) bond motifs is 11. The molecule has 4 heteroatoms. The van der Waals surface area contributed by atoms with Crippen LogP contribution in [-0.4, -0.2) is 6.85 Å². The molecular weight excluding hydrogens is 968 g/mol. The number of rotatable bonds is 3. The second-order valence-electron chi connectivity index (χ2n) is 31.7. The van der Waals surface area contributed by atoms with Gasteiger partial charge >= 0.3 is 6.85 Å². The molecule has 6 aliphatic rings. The lowest BCUT2D eigenvalue weighted by molar-refractivity contribution is 0.332. The van der Waals surface area contributed by atoms with Crippen LogP contribution >= 0.6 is 0 Å². The molecular formula is C76H87BN2O. The molecule has 3 nitrogen and oxygen atoms in total. The van der Waals surface area contributed by atoms with E-state index in [0.717, 1.165) is 36.8 Å². The summed E-state index contributed by atoms with van der Waals surface area (Å²) in [5.41, 5.74) is 31.0. The first kappa shape index (κ1) is 52.1. The van der Waals surface area contributed by atoms with Gasteiger partial charge in [-0.3, -0.25) is 0 Å². The van der Waals surface area contributed by atoms with Gasteiger partial charge in [-0.1, -0.05) is 147 Å². The van der Waals surface area contributed by atoms with Crippen LogP contribution in [0.1, 0.15) is 218 Å². The van der Waals surface area contributed by atoms with Crippen molar-refractivity contribution in [3.8, 4) is 22.3 Å². The number of nitrogens with zero attached hydrogens (tertiary/aromatic N) is 2. The molecule has 0 fully saturated rings. The quantitative estimate of drug-likeness (QED) is 0.164. The van der Waals surface area contributed by atoms with Gasteiger partial charge in [0.15, 0.2) is 0 Å². The standard InChI is InChI=1S/C76H87BN2O/c1-44-20-19-21-45(2)67(44)46-34-52-49-38-50-51-39-57-60(76(17,18)33-30-73(57,11)12)42-65(51)80-66(50)43-62(49)79(48-23-25-54-56(37-48)72(9,10)29-27-70(54,5)6)77-61-40-58-59(75(15,16)32-31-74(58,13)14)41-63(61)78(64(35-46)68(52)77)47-22-24-53-55(36-47)71(7,8)28-26-69(53,3)4/h19-25,34-43H,26-33H2,1-18H3. The normalized spacial score (nSPS) is 21.4. The zero-order valence-corrected chi connectivity index (χ0v) is 51.9. The molecule has 14 rings (SSSR count). The fraction of sp³-hybridized carbons (Fsp3) is 0.447. The number of hydrogen-bond acceptors (Lipinski definition) is 3. The molecule has 3 heterocycles. The molecule has 4 aliphatic carbocycles. The summed E-state index contributed by atoms with van der Waals surface area (Å²) in [6, 6.07) is 42.7. The van der Waals surface area contributed by atoms with Crippen LogP contribution in [0, 0.1) is 13.8 Å². The summed E-state index contributed by atoms with van der Waals surface area (Å²) in [6.45, 7) is 44.1. The van der Waals surface area contributed by atoms with Gasteiger partial charge in [0.25, 0.3) is 0 Å². The first-order valence-electron chi connectivity index (χ1n) is 30.8. The Bertz CT molecular complexity index is 3990. The number of aryl methyl sites for hydroxylation is 2. The van der Waals surface area contributed by atoms with Gasteiger partial charge in [0.1, 0.15) is 11.2 Å². The van der Waals surface area contributed by atoms with E-state index in [9.17, 15) is 0 Å². The maximum absolute atomic E-state index is 7.31. The highest BCUT2D eigenvalue weighted by Gasteiger charge is 2.50. The highest BCUT2D eigenvalue weighted by molar-refractivity contribution is 6.93. The van der Waals surface area contributed by atoms with Gasteiger partial charge in [-0.15, -0.1) is 0 Å². The van der Waals surface area contributed by atoms with Crippen molar-refractivity contribution in [2.24, 2.45) is 0 Å². The van der Waals surface area contributed by atoms with Gasteiger partial charge < -0.3 is 14.1 Å². The summed E-state index contributed by atoms with van der Waals surface area (Å²) >= 11 is 0. The lowest BCUT2D eigenvalue weighted by atomic mass is 9.42. The largest absolute Gasteiger partial charge is 0.456 e. The summed E-state index contributed by atoms with van der Waals surface area (Å²) < 4.78 is 7.31. The SMILES string of the molecule is Cc1cccc(C)c1-c1cc2c3c(c1)N(c1ccc4c(c1)C(C)(C)CCC4(C)C)c1cc4c(cc1B3N(c1ccc3c(c1)C(C)(C)CCC3(C)C)c1cc3oc5cc6c(cc5c3cc1-2)C(C)(C)CCC6(C)C)C(C)(C)CCC4(C)C. The lowest BCUT2D eigenvalue weighted by Crippen LogP contribution is -2.62. The van der Waals surface area contributed by atoms with E-state index < -0.39 is 0 Å². The van der Waals surface area contributed by atoms with Gasteiger partial charge in [-0.05, 0) is 252 Å². The molecule has 80 heavy (non-hydrogen) atoms. The average Bonchev–Trinajstić information content (AvgIpc) is 3.77. The summed E-state index contributed by atoms with van der Waals surface area (Å²) in [6.07, 6.45) is 9.33. The molecule has 0 atom stereocenters. The Kier molecular flexibility index (Phi) is 10.7. The molecule has 0 saturated heterocycles. The number of hydrogen-bond donors (Lipinski definition) is 0. The minimum Gasteiger partial charge on any atom is -0.456 e. The van der Waals surface area contributed by atoms with Crippen molar-refractivity contribution >= 4 is 68.1 Å². The van der Waals surface area contributed by atoms with E-state index in [4.69, 9.17) is 4.42 Å². The van der Waals surface area contributed by atoms with E-state index >= 15 is 0 Å². The first-order valence-corrected chi connectivity index (χ1v) is 30.8. The van der Waals surface area contributed by atoms with Crippen LogP contribution in [0.3, 0.4) is 0 Å². The van der Waals surface area contributed by atoms with Crippen LogP contribution in [0.15, 0.2) is 108 Å². The minimum absolute atomic E-state index is 0.00301. The third-order valence-electron chi connectivity index (χ3n) is 22.6. The topological polar surface area (TPSA) is 19.6 Å². The van der Waals surface area contributed by atoms with Crippen LogP contribution in [0.5, 0.6) is 0 Å². The minimum atomic E-state index is -0.140. The Labute approximate surface area is 480 Å². The Hall–Kier alpha value is -6.00. The number of benzene rings is 7. The van der Waals surface area contributed by atoms with Crippen molar-refractivity contribution in [3.63, 3.8) is 0 Å². The van der Waals surface area contributed by atoms with Gasteiger partial charge in [0.05, 0.1) is 0 Å². The Morgan fingerprint density at radius 1 is 0.375 bits per heavy atom. The highest BCUT2D eigenvalue weighted by atomic mass is 16.3. The van der Waals surface area contributed by atoms with Crippen molar-refractivity contribution in [1.82, 2.24) is 0 Å². The van der Waals surface area contributed by atoms with Crippen molar-refractivity contribution in [1.29, 1.82) is 0 Å². The molecule has 2 aliphatic heterocycles. The number of anilines is 5. The van der Waals surface area contributed by atoms with Crippen LogP contribution < -0.4 is 20.6 Å². The number of furan rings is 1. The van der Waals surface area contributed by atoms with E-state index in [1.807, 2.05) is 0 Å². The maximum atomic E-state index is 7.31. The Morgan fingerprint density at radius 2 is 0.812 bits per heavy atom. The Balaban J connectivity index is 1.15. The van der Waals surface area contributed by atoms with Crippen LogP contribution in [0.4, 0.5) is 28.4 Å². The van der Waals surface area contributed by atoms with Gasteiger partial charge in [-0.25, -0.2) is 0 Å². The molecule has 0 amide bonds. The zero-order valence-electron chi connectivity index (χ0n) is 51.9. The molecule has 1 aromatic heterocycles. The third kappa shape index (κ3) is 7.37. The van der Waals surface area contributed by atoms with E-state index in [2.05, 4.69) is 237 Å². The van der Waals surface area contributed by atoms with E-state index in [1.54, 1.807) is 0 Å². The van der Waals surface area contributed by atoms with Crippen molar-refractivity contribution in [2.75, 3.05) is 9.71 Å². The van der Waals surface area contributed by atoms with Gasteiger partial charge in [0.2, 0.25) is 0 Å². The van der Waals surface area contributed by atoms with Crippen molar-refractivity contribution < 1.29 is 4.42 Å². The molecule has 7 aromatic carbocycles. The molecule has 0 saturated carbocycles. The molecule has 410 valence electrons. The molecule has 0 bridgehead atoms. The monoisotopic (exact) mass is 1050 g/mol. The van der Waals surface area contributed by atoms with Crippen LogP contribution in [0.25, 0.3) is 44.2 Å². The van der Waals surface area contributed by atoms with E-state index in [0.29, 0.717) is 0 Å². The van der Waals surface area contributed by atoms with Crippen LogP contribution in [-0.2, 0) is 43.3 Å². The molecule has 8 aromatic rings. The highest BCUT2D eigenvalue weighted by Crippen LogP contribution is 2.57. The molecule has 0 unspecified atom stereocenters. The summed E-state index contributed by atoms with van der Waals surface area (Å²) in [4.78, 5) is 5.55. The fourth-order valence-electron chi connectivity index (χ4n) is 16.8. The summed E-state index contributed by atoms with van der Waals surface area (Å²) in [7, 11) is 0. The van der Waals surface area contributed by atoms with Crippen molar-refractivity contribution in [2.45, 2.75) is 219 Å². The smallest absolute Gasteiger partial charge is 0.333 e. The predicted octanol–water partition coefficient (Wildman–Crippen LogP) is 20.0. The lowest BCUT2D eigenvalue weighted by Gasteiger charge is -2.49. The van der Waals surface area contributed by atoms with Crippen LogP contribution in [0.2, 0.25) is 0 Å². The summed E-state index contributed by atoms with van der Waals surface area (Å²) in [5.74, 6) is 0. The second-order valence-corrected chi connectivity index (χ2v) is 31.7.